The Morgan fingerprint density at radius 1 is 1.06 bits per heavy atom. The number of nitro benzene ring substituents is 1. The lowest BCUT2D eigenvalue weighted by Gasteiger charge is -2.13. The molecule has 3 aromatic carbocycles. The molecule has 170 valence electrons. The molecule has 0 radical (unpaired) electrons. The van der Waals surface area contributed by atoms with Gasteiger partial charge in [-0.2, -0.15) is 5.10 Å². The van der Waals surface area contributed by atoms with Crippen LogP contribution in [0.5, 0.6) is 0 Å². The first-order valence-corrected chi connectivity index (χ1v) is 11.1. The van der Waals surface area contributed by atoms with Gasteiger partial charge in [-0.3, -0.25) is 20.3 Å². The number of benzene rings is 3. The molecule has 0 amide bonds. The fraction of sp³-hybridized carbons (Fsp3) is 0.0909. The van der Waals surface area contributed by atoms with Gasteiger partial charge in [0, 0.05) is 12.1 Å². The monoisotopic (exact) mass is 468 g/mol. The number of hydrogen-bond acceptors (Lipinski definition) is 7. The molecule has 3 rings (SSSR count). The molecule has 0 aliphatic rings. The number of sulfonamides is 1. The standard InChI is InChI=1S/C22H20N4O6S/c1-14-7-8-15(2)16(11-14)13-23-24-20-10-9-17(26(29)30)12-21(20)33(31,32)25-19-6-4-3-5-18(19)22(27)28/h3-13,24-25H,1-2H3,(H,27,28)/b23-13+. The lowest BCUT2D eigenvalue weighted by molar-refractivity contribution is -0.385. The minimum atomic E-state index is -4.42. The Morgan fingerprint density at radius 2 is 1.79 bits per heavy atom. The summed E-state index contributed by atoms with van der Waals surface area (Å²) in [5.41, 5.74) is 4.46. The number of carboxylic acids is 1. The van der Waals surface area contributed by atoms with Crippen LogP contribution in [0.4, 0.5) is 17.1 Å². The maximum Gasteiger partial charge on any atom is 0.337 e. The molecule has 10 nitrogen and oxygen atoms in total. The predicted octanol–water partition coefficient (Wildman–Crippen LogP) is 4.16. The molecule has 0 spiro atoms. The fourth-order valence-corrected chi connectivity index (χ4v) is 4.22. The third-order valence-electron chi connectivity index (χ3n) is 4.69. The number of rotatable bonds is 8. The summed E-state index contributed by atoms with van der Waals surface area (Å²) in [6.45, 7) is 3.82. The van der Waals surface area contributed by atoms with Crippen molar-refractivity contribution in [3.8, 4) is 0 Å². The van der Waals surface area contributed by atoms with Crippen molar-refractivity contribution in [1.29, 1.82) is 0 Å². The summed E-state index contributed by atoms with van der Waals surface area (Å²) in [5, 5.41) is 24.6. The minimum Gasteiger partial charge on any atom is -0.478 e. The van der Waals surface area contributed by atoms with E-state index < -0.39 is 31.5 Å². The molecule has 3 aromatic rings. The minimum absolute atomic E-state index is 0.0255. The first-order chi connectivity index (χ1) is 15.6. The number of nitrogens with zero attached hydrogens (tertiary/aromatic N) is 2. The van der Waals surface area contributed by atoms with Gasteiger partial charge in [-0.15, -0.1) is 0 Å². The number of carboxylic acid groups (broad SMARTS) is 1. The number of anilines is 2. The van der Waals surface area contributed by atoms with E-state index in [9.17, 15) is 28.4 Å². The molecule has 0 unspecified atom stereocenters. The van der Waals surface area contributed by atoms with E-state index in [4.69, 9.17) is 0 Å². The quantitative estimate of drug-likeness (QED) is 0.255. The van der Waals surface area contributed by atoms with Crippen LogP contribution in [0.15, 0.2) is 70.7 Å². The number of carbonyl (C=O) groups is 1. The summed E-state index contributed by atoms with van der Waals surface area (Å²) in [6, 6.07) is 14.4. The summed E-state index contributed by atoms with van der Waals surface area (Å²) in [5.74, 6) is -1.33. The van der Waals surface area contributed by atoms with Crippen LogP contribution in [0.2, 0.25) is 0 Å². The van der Waals surface area contributed by atoms with Gasteiger partial charge in [0.2, 0.25) is 0 Å². The van der Waals surface area contributed by atoms with E-state index in [2.05, 4.69) is 15.2 Å². The molecule has 3 N–H and O–H groups in total. The Bertz CT molecular complexity index is 1370. The molecule has 0 heterocycles. The van der Waals surface area contributed by atoms with Crippen LogP contribution in [-0.4, -0.2) is 30.6 Å². The maximum atomic E-state index is 13.1. The third-order valence-corrected chi connectivity index (χ3v) is 6.10. The summed E-state index contributed by atoms with van der Waals surface area (Å²) >= 11 is 0. The van der Waals surface area contributed by atoms with Gasteiger partial charge in [0.25, 0.3) is 15.7 Å². The summed E-state index contributed by atoms with van der Waals surface area (Å²) in [7, 11) is -4.42. The number of hydrogen-bond donors (Lipinski definition) is 3. The van der Waals surface area contributed by atoms with Crippen LogP contribution in [-0.2, 0) is 10.0 Å². The molecular formula is C22H20N4O6S. The number of aromatic carboxylic acids is 1. The molecule has 0 aromatic heterocycles. The van der Waals surface area contributed by atoms with E-state index in [1.807, 2.05) is 32.0 Å². The van der Waals surface area contributed by atoms with Crippen LogP contribution in [0.1, 0.15) is 27.0 Å². The topological polar surface area (TPSA) is 151 Å². The zero-order chi connectivity index (χ0) is 24.2. The van der Waals surface area contributed by atoms with Crippen molar-refractivity contribution in [1.82, 2.24) is 0 Å². The van der Waals surface area contributed by atoms with E-state index in [0.29, 0.717) is 0 Å². The number of nitro groups is 1. The van der Waals surface area contributed by atoms with Crippen molar-refractivity contribution >= 4 is 39.3 Å². The number of non-ortho nitro benzene ring substituents is 1. The van der Waals surface area contributed by atoms with Crippen molar-refractivity contribution in [2.75, 3.05) is 10.1 Å². The lowest BCUT2D eigenvalue weighted by atomic mass is 10.1. The van der Waals surface area contributed by atoms with E-state index in [-0.39, 0.29) is 16.9 Å². The molecule has 0 atom stereocenters. The molecular weight excluding hydrogens is 448 g/mol. The first-order valence-electron chi connectivity index (χ1n) is 9.58. The Balaban J connectivity index is 2.00. The molecule has 0 bridgehead atoms. The number of hydrazone groups is 1. The smallest absolute Gasteiger partial charge is 0.337 e. The summed E-state index contributed by atoms with van der Waals surface area (Å²) in [4.78, 5) is 21.5. The predicted molar refractivity (Wildman–Crippen MR) is 124 cm³/mol. The van der Waals surface area contributed by atoms with Crippen molar-refractivity contribution in [2.24, 2.45) is 5.10 Å². The van der Waals surface area contributed by atoms with Gasteiger partial charge in [0.05, 0.1) is 28.1 Å². The van der Waals surface area contributed by atoms with Crippen LogP contribution >= 0.6 is 0 Å². The fourth-order valence-electron chi connectivity index (χ4n) is 2.97. The van der Waals surface area contributed by atoms with Crippen LogP contribution in [0.25, 0.3) is 0 Å². The molecule has 33 heavy (non-hydrogen) atoms. The Kier molecular flexibility index (Phi) is 6.73. The van der Waals surface area contributed by atoms with E-state index in [0.717, 1.165) is 28.8 Å². The number of nitrogens with one attached hydrogen (secondary N) is 2. The normalized spacial score (nSPS) is 11.3. The summed E-state index contributed by atoms with van der Waals surface area (Å²) in [6.07, 6.45) is 1.51. The number of para-hydroxylation sites is 1. The van der Waals surface area contributed by atoms with Crippen LogP contribution in [0, 0.1) is 24.0 Å². The van der Waals surface area contributed by atoms with Crippen molar-refractivity contribution < 1.29 is 23.2 Å². The Morgan fingerprint density at radius 3 is 2.48 bits per heavy atom. The van der Waals surface area contributed by atoms with Crippen molar-refractivity contribution in [3.05, 3.63) is 93.0 Å². The van der Waals surface area contributed by atoms with Gasteiger partial charge >= 0.3 is 5.97 Å². The largest absolute Gasteiger partial charge is 0.478 e. The highest BCUT2D eigenvalue weighted by Gasteiger charge is 2.24. The van der Waals surface area contributed by atoms with Gasteiger partial charge in [-0.1, -0.05) is 35.9 Å². The highest BCUT2D eigenvalue weighted by molar-refractivity contribution is 7.93. The SMILES string of the molecule is Cc1ccc(C)c(/C=N/Nc2ccc([N+](=O)[O-])cc2S(=O)(=O)Nc2ccccc2C(=O)O)c1. The molecule has 0 saturated heterocycles. The van der Waals surface area contributed by atoms with Gasteiger partial charge in [-0.25, -0.2) is 13.2 Å². The van der Waals surface area contributed by atoms with Gasteiger partial charge < -0.3 is 5.11 Å². The molecule has 0 fully saturated rings. The highest BCUT2D eigenvalue weighted by atomic mass is 32.2. The third kappa shape index (κ3) is 5.52. The van der Waals surface area contributed by atoms with Gasteiger partial charge in [0.1, 0.15) is 4.90 Å². The summed E-state index contributed by atoms with van der Waals surface area (Å²) < 4.78 is 28.4. The zero-order valence-corrected chi connectivity index (χ0v) is 18.5. The van der Waals surface area contributed by atoms with Crippen molar-refractivity contribution in [3.63, 3.8) is 0 Å². The molecule has 0 saturated carbocycles. The van der Waals surface area contributed by atoms with E-state index in [1.54, 1.807) is 0 Å². The van der Waals surface area contributed by atoms with Crippen LogP contribution < -0.4 is 10.1 Å². The van der Waals surface area contributed by atoms with Gasteiger partial charge in [-0.05, 0) is 43.2 Å². The molecule has 0 aliphatic carbocycles. The Labute approximate surface area is 189 Å². The van der Waals surface area contributed by atoms with Crippen LogP contribution in [0.3, 0.4) is 0 Å². The highest BCUT2D eigenvalue weighted by Crippen LogP contribution is 2.29. The number of aryl methyl sites for hydroxylation is 2. The van der Waals surface area contributed by atoms with E-state index >= 15 is 0 Å². The Hall–Kier alpha value is -4.25. The lowest BCUT2D eigenvalue weighted by Crippen LogP contribution is -2.17. The average Bonchev–Trinajstić information content (AvgIpc) is 2.76. The second kappa shape index (κ2) is 9.49. The second-order valence-electron chi connectivity index (χ2n) is 7.12. The second-order valence-corrected chi connectivity index (χ2v) is 8.77. The maximum absolute atomic E-state index is 13.1. The zero-order valence-electron chi connectivity index (χ0n) is 17.6. The average molecular weight is 468 g/mol. The first kappa shape index (κ1) is 23.4. The van der Waals surface area contributed by atoms with Crippen molar-refractivity contribution in [2.45, 2.75) is 18.7 Å². The molecule has 11 heteroatoms. The molecule has 0 aliphatic heterocycles. The van der Waals surface area contributed by atoms with E-state index in [1.165, 1.54) is 36.5 Å². The van der Waals surface area contributed by atoms with Gasteiger partial charge in [0.15, 0.2) is 0 Å².